The number of nitrogens with two attached hydrogens (primary N) is 1. The zero-order chi connectivity index (χ0) is 16.1. The number of primary amides is 1. The zero-order valence-electron chi connectivity index (χ0n) is 12.1. The van der Waals surface area contributed by atoms with Crippen LogP contribution >= 0.6 is 11.8 Å². The van der Waals surface area contributed by atoms with Gasteiger partial charge in [0.1, 0.15) is 5.75 Å². The highest BCUT2D eigenvalue weighted by atomic mass is 32.2. The molecule has 0 aliphatic carbocycles. The van der Waals surface area contributed by atoms with Gasteiger partial charge in [-0.1, -0.05) is 23.9 Å². The minimum atomic E-state index is -0.877. The molecular weight excluding hydrogens is 306 g/mol. The van der Waals surface area contributed by atoms with E-state index in [-0.39, 0.29) is 5.75 Å². The van der Waals surface area contributed by atoms with Gasteiger partial charge in [0.25, 0.3) is 0 Å². The molecule has 3 N–H and O–H groups in total. The highest BCUT2D eigenvalue weighted by molar-refractivity contribution is 7.99. The Kier molecular flexibility index (Phi) is 4.99. The monoisotopic (exact) mass is 321 g/mol. The molecule has 1 heterocycles. The molecular formula is C13H15N5O3S. The van der Waals surface area contributed by atoms with Crippen LogP contribution < -0.4 is 15.8 Å². The third kappa shape index (κ3) is 3.55. The first-order valence-electron chi connectivity index (χ1n) is 6.27. The number of nitrogens with zero attached hydrogens (tertiary/aromatic N) is 3. The summed E-state index contributed by atoms with van der Waals surface area (Å²) in [6.07, 6.45) is 0. The zero-order valence-corrected chi connectivity index (χ0v) is 12.9. The van der Waals surface area contributed by atoms with Gasteiger partial charge in [-0.05, 0) is 12.1 Å². The number of hydrogen-bond donors (Lipinski definition) is 2. The van der Waals surface area contributed by atoms with Crippen LogP contribution in [0.3, 0.4) is 0 Å². The minimum Gasteiger partial charge on any atom is -0.496 e. The van der Waals surface area contributed by atoms with Gasteiger partial charge >= 0.3 is 6.03 Å². The Hall–Kier alpha value is -2.55. The predicted octanol–water partition coefficient (Wildman–Crippen LogP) is 0.778. The van der Waals surface area contributed by atoms with Crippen LogP contribution in [0.2, 0.25) is 0 Å². The Bertz CT molecular complexity index is 701. The molecule has 1 aromatic heterocycles. The topological polar surface area (TPSA) is 112 Å². The molecule has 0 saturated heterocycles. The van der Waals surface area contributed by atoms with E-state index in [1.807, 2.05) is 29.6 Å². The number of benzene rings is 1. The Morgan fingerprint density at radius 2 is 2.09 bits per heavy atom. The first kappa shape index (κ1) is 15.8. The van der Waals surface area contributed by atoms with Crippen LogP contribution in [0.1, 0.15) is 0 Å². The van der Waals surface area contributed by atoms with E-state index < -0.39 is 11.9 Å². The fourth-order valence-electron chi connectivity index (χ4n) is 1.81. The van der Waals surface area contributed by atoms with Crippen molar-refractivity contribution in [2.24, 2.45) is 12.8 Å². The molecule has 2 aromatic rings. The second kappa shape index (κ2) is 6.94. The van der Waals surface area contributed by atoms with Gasteiger partial charge in [0.15, 0.2) is 11.0 Å². The van der Waals surface area contributed by atoms with Gasteiger partial charge in [0.2, 0.25) is 5.91 Å². The normalized spacial score (nSPS) is 10.3. The number of para-hydroxylation sites is 1. The van der Waals surface area contributed by atoms with Crippen molar-refractivity contribution in [2.75, 3.05) is 12.9 Å². The maximum atomic E-state index is 11.4. The number of rotatable bonds is 5. The van der Waals surface area contributed by atoms with E-state index in [2.05, 4.69) is 10.2 Å². The highest BCUT2D eigenvalue weighted by Gasteiger charge is 2.16. The predicted molar refractivity (Wildman–Crippen MR) is 81.4 cm³/mol. The Morgan fingerprint density at radius 1 is 1.36 bits per heavy atom. The van der Waals surface area contributed by atoms with Crippen molar-refractivity contribution in [3.8, 4) is 17.1 Å². The van der Waals surface area contributed by atoms with E-state index in [0.29, 0.717) is 16.7 Å². The molecule has 8 nitrogen and oxygen atoms in total. The Balaban J connectivity index is 2.16. The first-order chi connectivity index (χ1) is 10.5. The van der Waals surface area contributed by atoms with Gasteiger partial charge in [-0.3, -0.25) is 10.1 Å². The van der Waals surface area contributed by atoms with E-state index in [0.717, 1.165) is 17.3 Å². The molecule has 116 valence electrons. The quantitative estimate of drug-likeness (QED) is 0.787. The lowest BCUT2D eigenvalue weighted by atomic mass is 10.2. The summed E-state index contributed by atoms with van der Waals surface area (Å²) < 4.78 is 7.05. The molecule has 0 unspecified atom stereocenters. The minimum absolute atomic E-state index is 0.0147. The van der Waals surface area contributed by atoms with Crippen molar-refractivity contribution < 1.29 is 14.3 Å². The van der Waals surface area contributed by atoms with E-state index in [9.17, 15) is 9.59 Å². The summed E-state index contributed by atoms with van der Waals surface area (Å²) in [4.78, 5) is 22.0. The number of ether oxygens (including phenoxy) is 1. The van der Waals surface area contributed by atoms with Gasteiger partial charge in [0, 0.05) is 7.05 Å². The van der Waals surface area contributed by atoms with Crippen molar-refractivity contribution in [1.82, 2.24) is 20.1 Å². The molecule has 0 bridgehead atoms. The summed E-state index contributed by atoms with van der Waals surface area (Å²) in [5.41, 5.74) is 5.68. The van der Waals surface area contributed by atoms with E-state index in [4.69, 9.17) is 10.5 Å². The number of aromatic nitrogens is 3. The number of imide groups is 1. The molecule has 3 amide bonds. The van der Waals surface area contributed by atoms with E-state index in [1.54, 1.807) is 18.7 Å². The third-order valence-corrected chi connectivity index (χ3v) is 3.80. The molecule has 0 radical (unpaired) electrons. The number of amides is 3. The lowest BCUT2D eigenvalue weighted by Crippen LogP contribution is -2.36. The highest BCUT2D eigenvalue weighted by Crippen LogP contribution is 2.29. The van der Waals surface area contributed by atoms with Crippen molar-refractivity contribution >= 4 is 23.7 Å². The fourth-order valence-corrected chi connectivity index (χ4v) is 2.52. The lowest BCUT2D eigenvalue weighted by molar-refractivity contribution is -0.117. The van der Waals surface area contributed by atoms with Crippen LogP contribution in [0.5, 0.6) is 5.75 Å². The van der Waals surface area contributed by atoms with Crippen molar-refractivity contribution in [3.63, 3.8) is 0 Å². The third-order valence-electron chi connectivity index (χ3n) is 2.78. The molecule has 2 rings (SSSR count). The van der Waals surface area contributed by atoms with Gasteiger partial charge in [0.05, 0.1) is 18.4 Å². The first-order valence-corrected chi connectivity index (χ1v) is 7.26. The SMILES string of the molecule is COc1ccccc1-c1nnc(SCC(=O)NC(N)=O)n1C. The average molecular weight is 321 g/mol. The molecule has 0 aliphatic rings. The number of methoxy groups -OCH3 is 1. The standard InChI is InChI=1S/C13H15N5O3S/c1-18-11(8-5-3-4-6-9(8)21-2)16-17-13(18)22-7-10(19)15-12(14)20/h3-6H,7H2,1-2H3,(H3,14,15,19,20). The van der Waals surface area contributed by atoms with Crippen LogP contribution in [0, 0.1) is 0 Å². The van der Waals surface area contributed by atoms with Crippen LogP contribution in [0.4, 0.5) is 4.79 Å². The van der Waals surface area contributed by atoms with Crippen LogP contribution in [0.25, 0.3) is 11.4 Å². The van der Waals surface area contributed by atoms with Crippen LogP contribution in [0.15, 0.2) is 29.4 Å². The summed E-state index contributed by atoms with van der Waals surface area (Å²) in [5.74, 6) is 0.830. The number of carbonyl (C=O) groups excluding carboxylic acids is 2. The second-order valence-corrected chi connectivity index (χ2v) is 5.21. The number of hydrogen-bond acceptors (Lipinski definition) is 6. The maximum absolute atomic E-state index is 11.4. The van der Waals surface area contributed by atoms with Gasteiger partial charge < -0.3 is 15.0 Å². The summed E-state index contributed by atoms with van der Waals surface area (Å²) in [7, 11) is 3.37. The number of thioether (sulfide) groups is 1. The number of urea groups is 1. The molecule has 1 aromatic carbocycles. The fraction of sp³-hybridized carbons (Fsp3) is 0.231. The molecule has 0 saturated carbocycles. The van der Waals surface area contributed by atoms with Crippen molar-refractivity contribution in [3.05, 3.63) is 24.3 Å². The van der Waals surface area contributed by atoms with E-state index >= 15 is 0 Å². The van der Waals surface area contributed by atoms with Crippen LogP contribution in [-0.2, 0) is 11.8 Å². The lowest BCUT2D eigenvalue weighted by Gasteiger charge is -2.08. The van der Waals surface area contributed by atoms with Gasteiger partial charge in [-0.25, -0.2) is 4.79 Å². The molecule has 22 heavy (non-hydrogen) atoms. The summed E-state index contributed by atoms with van der Waals surface area (Å²) >= 11 is 1.15. The molecule has 0 spiro atoms. The smallest absolute Gasteiger partial charge is 0.318 e. The Labute approximate surface area is 131 Å². The summed E-state index contributed by atoms with van der Waals surface area (Å²) in [6, 6.07) is 6.56. The maximum Gasteiger partial charge on any atom is 0.318 e. The average Bonchev–Trinajstić information content (AvgIpc) is 2.85. The van der Waals surface area contributed by atoms with E-state index in [1.165, 1.54) is 0 Å². The van der Waals surface area contributed by atoms with Gasteiger partial charge in [-0.15, -0.1) is 10.2 Å². The largest absolute Gasteiger partial charge is 0.496 e. The molecule has 9 heteroatoms. The number of nitrogens with one attached hydrogen (secondary N) is 1. The van der Waals surface area contributed by atoms with Gasteiger partial charge in [-0.2, -0.15) is 0 Å². The number of carbonyl (C=O) groups is 2. The summed E-state index contributed by atoms with van der Waals surface area (Å²) in [6.45, 7) is 0. The van der Waals surface area contributed by atoms with Crippen molar-refractivity contribution in [1.29, 1.82) is 0 Å². The van der Waals surface area contributed by atoms with Crippen LogP contribution in [-0.4, -0.2) is 39.6 Å². The Morgan fingerprint density at radius 3 is 2.77 bits per heavy atom. The molecule has 0 aliphatic heterocycles. The second-order valence-electron chi connectivity index (χ2n) is 4.27. The summed E-state index contributed by atoms with van der Waals surface area (Å²) in [5, 5.41) is 10.7. The molecule has 0 atom stereocenters. The molecule has 0 fully saturated rings. The van der Waals surface area contributed by atoms with Crippen molar-refractivity contribution in [2.45, 2.75) is 5.16 Å².